The Hall–Kier alpha value is -5.36. The molecule has 0 spiro atoms. The minimum atomic E-state index is -0.684. The van der Waals surface area contributed by atoms with Crippen molar-refractivity contribution in [3.63, 3.8) is 0 Å². The second kappa shape index (κ2) is 19.8. The molecule has 6 rings (SSSR count). The average Bonchev–Trinajstić information content (AvgIpc) is 4.03. The van der Waals surface area contributed by atoms with Crippen molar-refractivity contribution in [3.05, 3.63) is 72.1 Å². The molecule has 11 heteroatoms. The molecule has 11 nitrogen and oxygen atoms in total. The summed E-state index contributed by atoms with van der Waals surface area (Å²) >= 11 is 0. The van der Waals surface area contributed by atoms with Gasteiger partial charge in [0.05, 0.1) is 25.2 Å². The predicted octanol–water partition coefficient (Wildman–Crippen LogP) is 5.44. The van der Waals surface area contributed by atoms with Crippen LogP contribution in [-0.4, -0.2) is 85.7 Å². The van der Waals surface area contributed by atoms with Crippen LogP contribution in [0.5, 0.6) is 0 Å². The van der Waals surface area contributed by atoms with E-state index in [-0.39, 0.29) is 59.8 Å². The highest BCUT2D eigenvalue weighted by atomic mass is 16.2. The molecule has 0 radical (unpaired) electrons. The third-order valence-corrected chi connectivity index (χ3v) is 12.4. The van der Waals surface area contributed by atoms with Crippen molar-refractivity contribution in [1.29, 1.82) is 0 Å². The van der Waals surface area contributed by atoms with Crippen molar-refractivity contribution in [2.24, 2.45) is 29.2 Å². The van der Waals surface area contributed by atoms with Crippen LogP contribution < -0.4 is 16.8 Å². The molecule has 5 N–H and O–H groups in total. The molecule has 318 valence electrons. The van der Waals surface area contributed by atoms with Crippen molar-refractivity contribution in [2.45, 2.75) is 130 Å². The fraction of sp³-hybridized carbons (Fsp3) is 0.510. The van der Waals surface area contributed by atoms with Crippen LogP contribution in [0.2, 0.25) is 0 Å². The lowest BCUT2D eigenvalue weighted by molar-refractivity contribution is -0.140. The molecule has 0 aliphatic carbocycles. The van der Waals surface area contributed by atoms with Crippen molar-refractivity contribution in [2.75, 3.05) is 13.1 Å². The number of carbonyl (C=O) groups is 4. The topological polar surface area (TPSA) is 149 Å². The molecule has 6 atom stereocenters. The lowest BCUT2D eigenvalue weighted by Crippen LogP contribution is -2.55. The van der Waals surface area contributed by atoms with Crippen LogP contribution in [-0.2, 0) is 45.1 Å². The molecule has 2 saturated heterocycles. The Morgan fingerprint density at radius 3 is 1.62 bits per heavy atom. The minimum absolute atomic E-state index is 0.0340. The molecular weight excluding hydrogens is 751 g/mol. The van der Waals surface area contributed by atoms with E-state index in [0.29, 0.717) is 32.6 Å². The molecule has 2 aromatic heterocycles. The molecule has 2 aromatic carbocycles. The molecule has 2 fully saturated rings. The first-order valence-electron chi connectivity index (χ1n) is 21.8. The monoisotopic (exact) mass is 813 g/mol. The summed E-state index contributed by atoms with van der Waals surface area (Å²) in [6, 6.07) is 14.9. The number of rotatable bonds is 15. The van der Waals surface area contributed by atoms with E-state index in [0.717, 1.165) is 53.9 Å². The Labute approximate surface area is 355 Å². The zero-order chi connectivity index (χ0) is 43.1. The Morgan fingerprint density at radius 1 is 0.683 bits per heavy atom. The van der Waals surface area contributed by atoms with E-state index in [4.69, 9.17) is 11.5 Å². The van der Waals surface area contributed by atoms with Gasteiger partial charge in [-0.3, -0.25) is 19.2 Å². The van der Waals surface area contributed by atoms with Gasteiger partial charge in [-0.1, -0.05) is 75.9 Å². The molecule has 4 heterocycles. The molecular formula is C49H63N7O4. The number of fused-ring (bicyclic) bond motifs is 2. The summed E-state index contributed by atoms with van der Waals surface area (Å²) in [6.07, 6.45) is 9.66. The number of benzene rings is 2. The van der Waals surface area contributed by atoms with Gasteiger partial charge in [-0.2, -0.15) is 0 Å². The third kappa shape index (κ3) is 10.1. The fourth-order valence-corrected chi connectivity index (χ4v) is 8.95. The van der Waals surface area contributed by atoms with E-state index in [1.807, 2.05) is 61.8 Å². The maximum atomic E-state index is 13.9. The Balaban J connectivity index is 1.12. The molecule has 2 aliphatic rings. The van der Waals surface area contributed by atoms with Crippen LogP contribution >= 0.6 is 0 Å². The standard InChI is InChI=1S/C49H63N7O4/c1-32(2)42(29-45(57)34(5)50)48(59)55-25-15-17-38(55)27-36-30-53(43-21-11-9-19-40(36)43)23-13-7-8-14-24-54-31-37(41-20-10-12-22-44(41)54)28-39-18-16-26-56(39)49(60)46(33(3)4)52-47(58)35(6)51/h9-12,19-22,30-35,38-39,42,46H,15-18,23-29,50-51H2,1-6H3,(H,52,58)/t34-,35-,38-,39-,42-,46?/m0/s1. The number of hydrogen-bond acceptors (Lipinski definition) is 6. The van der Waals surface area contributed by atoms with E-state index in [2.05, 4.69) is 74.8 Å². The number of hydrogen-bond donors (Lipinski definition) is 3. The summed E-state index contributed by atoms with van der Waals surface area (Å²) < 4.78 is 4.32. The summed E-state index contributed by atoms with van der Waals surface area (Å²) in [6.45, 7) is 13.6. The maximum Gasteiger partial charge on any atom is 0.245 e. The van der Waals surface area contributed by atoms with Crippen LogP contribution in [0.15, 0.2) is 60.9 Å². The fourth-order valence-electron chi connectivity index (χ4n) is 8.95. The number of para-hydroxylation sites is 2. The second-order valence-corrected chi connectivity index (χ2v) is 17.6. The van der Waals surface area contributed by atoms with E-state index in [1.54, 1.807) is 13.8 Å². The number of nitrogens with two attached hydrogens (primary N) is 2. The Bertz CT molecular complexity index is 2150. The van der Waals surface area contributed by atoms with E-state index >= 15 is 0 Å². The number of likely N-dealkylation sites (tertiary alicyclic amines) is 2. The first-order chi connectivity index (χ1) is 28.7. The molecule has 0 bridgehead atoms. The number of nitrogens with zero attached hydrogens (tertiary/aromatic N) is 4. The van der Waals surface area contributed by atoms with Gasteiger partial charge in [0.2, 0.25) is 17.7 Å². The van der Waals surface area contributed by atoms with E-state index in [9.17, 15) is 19.2 Å². The van der Waals surface area contributed by atoms with Gasteiger partial charge in [0.15, 0.2) is 0 Å². The highest BCUT2D eigenvalue weighted by Gasteiger charge is 2.37. The number of ketones is 1. The maximum absolute atomic E-state index is 13.9. The lowest BCUT2D eigenvalue weighted by Gasteiger charge is -2.31. The third-order valence-electron chi connectivity index (χ3n) is 12.4. The van der Waals surface area contributed by atoms with Gasteiger partial charge in [0, 0.05) is 71.7 Å². The van der Waals surface area contributed by atoms with Crippen LogP contribution in [0.25, 0.3) is 21.8 Å². The number of nitrogens with one attached hydrogen (secondary N) is 1. The van der Waals surface area contributed by atoms with E-state index < -0.39 is 18.1 Å². The summed E-state index contributed by atoms with van der Waals surface area (Å²) in [7, 11) is 0. The van der Waals surface area contributed by atoms with Crippen molar-refractivity contribution in [3.8, 4) is 23.7 Å². The Morgan fingerprint density at radius 2 is 1.17 bits per heavy atom. The van der Waals surface area contributed by atoms with Crippen LogP contribution in [0.4, 0.5) is 0 Å². The van der Waals surface area contributed by atoms with Gasteiger partial charge in [-0.15, -0.1) is 0 Å². The number of carbonyl (C=O) groups excluding carboxylic acids is 4. The lowest BCUT2D eigenvalue weighted by atomic mass is 9.87. The van der Waals surface area contributed by atoms with Crippen molar-refractivity contribution in [1.82, 2.24) is 24.3 Å². The van der Waals surface area contributed by atoms with Crippen molar-refractivity contribution >= 4 is 45.3 Å². The summed E-state index contributed by atoms with van der Waals surface area (Å²) in [5.41, 5.74) is 16.2. The summed E-state index contributed by atoms with van der Waals surface area (Å²) in [5, 5.41) is 5.19. The predicted molar refractivity (Wildman–Crippen MR) is 238 cm³/mol. The summed E-state index contributed by atoms with van der Waals surface area (Å²) in [5.74, 6) is 11.9. The molecule has 0 saturated carbocycles. The zero-order valence-electron chi connectivity index (χ0n) is 36.2. The van der Waals surface area contributed by atoms with Crippen LogP contribution in [0.1, 0.15) is 84.8 Å². The van der Waals surface area contributed by atoms with Gasteiger partial charge in [-0.05, 0) is 99.3 Å². The Kier molecular flexibility index (Phi) is 14.6. The second-order valence-electron chi connectivity index (χ2n) is 17.6. The van der Waals surface area contributed by atoms with Crippen LogP contribution in [0.3, 0.4) is 0 Å². The van der Waals surface area contributed by atoms with Crippen molar-refractivity contribution < 1.29 is 19.2 Å². The van der Waals surface area contributed by atoms with Gasteiger partial charge in [0.1, 0.15) is 11.8 Å². The highest BCUT2D eigenvalue weighted by Crippen LogP contribution is 2.31. The van der Waals surface area contributed by atoms with Gasteiger partial charge < -0.3 is 35.7 Å². The zero-order valence-corrected chi connectivity index (χ0v) is 36.2. The molecule has 1 unspecified atom stereocenters. The average molecular weight is 814 g/mol. The largest absolute Gasteiger partial charge is 0.343 e. The van der Waals surface area contributed by atoms with Gasteiger partial charge in [-0.25, -0.2) is 0 Å². The highest BCUT2D eigenvalue weighted by molar-refractivity contribution is 5.91. The number of aromatic nitrogens is 2. The minimum Gasteiger partial charge on any atom is -0.343 e. The SMILES string of the molecule is CC(C)C(NC(=O)[C@H](C)N)C(=O)N1CCC[C@H]1Cc1cn(CC#CC#CCn2cc(C[C@@H]3CCCN3C(=O)[C@@H](CC(=O)[C@H](C)N)C(C)C)c3ccccc32)c2ccccc12. The number of amides is 3. The first-order valence-corrected chi connectivity index (χ1v) is 21.8. The normalized spacial score (nSPS) is 18.6. The van der Waals surface area contributed by atoms with Gasteiger partial charge in [0.25, 0.3) is 0 Å². The molecule has 2 aliphatic heterocycles. The summed E-state index contributed by atoms with van der Waals surface area (Å²) in [4.78, 5) is 56.6. The van der Waals surface area contributed by atoms with Crippen LogP contribution in [0, 0.1) is 41.4 Å². The molecule has 4 aromatic rings. The number of Topliss-reactive ketones (excluding diaryl/α,β-unsaturated/α-hetero) is 1. The van der Waals surface area contributed by atoms with E-state index in [1.165, 1.54) is 11.1 Å². The molecule has 3 amide bonds. The molecule has 60 heavy (non-hydrogen) atoms. The first kappa shape index (κ1) is 44.2. The quantitative estimate of drug-likeness (QED) is 0.136. The van der Waals surface area contributed by atoms with Gasteiger partial charge >= 0.3 is 0 Å². The smallest absolute Gasteiger partial charge is 0.245 e.